The van der Waals surface area contributed by atoms with Crippen LogP contribution in [0, 0.1) is 0 Å². The maximum absolute atomic E-state index is 15.3. The van der Waals surface area contributed by atoms with Gasteiger partial charge >= 0.3 is 0 Å². The highest BCUT2D eigenvalue weighted by atomic mass is 19.3. The largest absolute Gasteiger partial charge is 0.381 e. The minimum atomic E-state index is -2.75. The van der Waals surface area contributed by atoms with E-state index in [1.165, 1.54) is 17.0 Å². The summed E-state index contributed by atoms with van der Waals surface area (Å²) >= 11 is 0. The molecular weight excluding hydrogens is 461 g/mol. The fraction of sp³-hybridized carbons (Fsp3) is 0.542. The van der Waals surface area contributed by atoms with Crippen molar-refractivity contribution in [1.82, 2.24) is 24.5 Å². The van der Waals surface area contributed by atoms with Crippen molar-refractivity contribution in [3.05, 3.63) is 46.9 Å². The van der Waals surface area contributed by atoms with E-state index in [4.69, 9.17) is 9.84 Å². The second-order valence-electron chi connectivity index (χ2n) is 9.25. The summed E-state index contributed by atoms with van der Waals surface area (Å²) in [5, 5.41) is 11.9. The predicted octanol–water partition coefficient (Wildman–Crippen LogP) is 3.58. The molecule has 3 aliphatic rings. The topological polar surface area (TPSA) is 77.2 Å². The van der Waals surface area contributed by atoms with Crippen LogP contribution in [0.4, 0.5) is 19.0 Å². The zero-order chi connectivity index (χ0) is 24.7. The number of anilines is 1. The van der Waals surface area contributed by atoms with Crippen LogP contribution in [-0.2, 0) is 29.5 Å². The SMILES string of the molecule is CC(=O)N1CCc2c(c(NC3C=CC(c4cn(C)nc4C(F)F)=CC3F)nn2C2CCOCC2)C1. The zero-order valence-electron chi connectivity index (χ0n) is 19.8. The Morgan fingerprint density at radius 2 is 2.03 bits per heavy atom. The molecule has 1 aliphatic carbocycles. The van der Waals surface area contributed by atoms with Crippen molar-refractivity contribution in [1.29, 1.82) is 0 Å². The second-order valence-corrected chi connectivity index (χ2v) is 9.25. The summed E-state index contributed by atoms with van der Waals surface area (Å²) < 4.78 is 50.9. The number of alkyl halides is 3. The smallest absolute Gasteiger partial charge is 0.282 e. The van der Waals surface area contributed by atoms with Crippen LogP contribution in [0.25, 0.3) is 5.57 Å². The van der Waals surface area contributed by atoms with Gasteiger partial charge < -0.3 is 15.0 Å². The van der Waals surface area contributed by atoms with Crippen LogP contribution < -0.4 is 5.32 Å². The molecule has 8 nitrogen and oxygen atoms in total. The van der Waals surface area contributed by atoms with Crippen molar-refractivity contribution in [3.8, 4) is 0 Å². The highest BCUT2D eigenvalue weighted by Crippen LogP contribution is 2.34. The Kier molecular flexibility index (Phi) is 6.43. The zero-order valence-corrected chi connectivity index (χ0v) is 19.8. The fourth-order valence-corrected chi connectivity index (χ4v) is 5.06. The van der Waals surface area contributed by atoms with Gasteiger partial charge in [0.25, 0.3) is 6.43 Å². The first-order valence-electron chi connectivity index (χ1n) is 11.9. The molecule has 2 atom stereocenters. The van der Waals surface area contributed by atoms with E-state index in [2.05, 4.69) is 10.4 Å². The minimum absolute atomic E-state index is 0.0137. The molecule has 0 saturated carbocycles. The molecule has 2 aromatic rings. The molecule has 5 rings (SSSR count). The lowest BCUT2D eigenvalue weighted by Crippen LogP contribution is -2.36. The molecule has 0 spiro atoms. The number of hydrogen-bond donors (Lipinski definition) is 1. The molecular formula is C24H29F3N6O2. The van der Waals surface area contributed by atoms with Crippen LogP contribution >= 0.6 is 0 Å². The van der Waals surface area contributed by atoms with E-state index < -0.39 is 18.6 Å². The van der Waals surface area contributed by atoms with Gasteiger partial charge in [0.1, 0.15) is 11.9 Å². The van der Waals surface area contributed by atoms with E-state index in [9.17, 15) is 13.6 Å². The van der Waals surface area contributed by atoms with Crippen molar-refractivity contribution < 1.29 is 22.7 Å². The number of carbonyl (C=O) groups is 1. The Morgan fingerprint density at radius 3 is 2.71 bits per heavy atom. The van der Waals surface area contributed by atoms with E-state index in [0.29, 0.717) is 44.1 Å². The number of aryl methyl sites for hydroxylation is 1. The summed E-state index contributed by atoms with van der Waals surface area (Å²) in [5.74, 6) is 0.543. The first kappa shape index (κ1) is 23.7. The number of aromatic nitrogens is 4. The minimum Gasteiger partial charge on any atom is -0.381 e. The lowest BCUT2D eigenvalue weighted by Gasteiger charge is -2.29. The van der Waals surface area contributed by atoms with Gasteiger partial charge in [0.15, 0.2) is 5.82 Å². The molecule has 2 aliphatic heterocycles. The van der Waals surface area contributed by atoms with Crippen LogP contribution in [0.3, 0.4) is 0 Å². The Bertz CT molecular complexity index is 1160. The van der Waals surface area contributed by atoms with Crippen molar-refractivity contribution in [2.75, 3.05) is 25.1 Å². The van der Waals surface area contributed by atoms with Crippen LogP contribution in [0.2, 0.25) is 0 Å². The quantitative estimate of drug-likeness (QED) is 0.694. The van der Waals surface area contributed by atoms with Crippen molar-refractivity contribution in [2.24, 2.45) is 7.05 Å². The van der Waals surface area contributed by atoms with Crippen LogP contribution in [0.5, 0.6) is 0 Å². The van der Waals surface area contributed by atoms with E-state index in [1.807, 2.05) is 4.68 Å². The third-order valence-corrected chi connectivity index (χ3v) is 6.91. The highest BCUT2D eigenvalue weighted by Gasteiger charge is 2.32. The normalized spacial score (nSPS) is 22.9. The van der Waals surface area contributed by atoms with Gasteiger partial charge in [-0.15, -0.1) is 0 Å². The van der Waals surface area contributed by atoms with E-state index in [-0.39, 0.29) is 23.2 Å². The number of amides is 1. The molecule has 2 unspecified atom stereocenters. The summed E-state index contributed by atoms with van der Waals surface area (Å²) in [6.07, 6.45) is 4.25. The number of carbonyl (C=O) groups excluding carboxylic acids is 1. The molecule has 188 valence electrons. The molecule has 11 heteroatoms. The maximum Gasteiger partial charge on any atom is 0.282 e. The number of halogens is 3. The molecule has 35 heavy (non-hydrogen) atoms. The van der Waals surface area contributed by atoms with Crippen LogP contribution in [0.1, 0.15) is 54.7 Å². The summed E-state index contributed by atoms with van der Waals surface area (Å²) in [5.41, 5.74) is 2.20. The summed E-state index contributed by atoms with van der Waals surface area (Å²) in [7, 11) is 1.56. The number of allylic oxidation sites excluding steroid dienone is 2. The molecule has 1 fully saturated rings. The van der Waals surface area contributed by atoms with Gasteiger partial charge in [-0.25, -0.2) is 13.2 Å². The Hall–Kier alpha value is -3.08. The van der Waals surface area contributed by atoms with Gasteiger partial charge in [-0.05, 0) is 24.5 Å². The van der Waals surface area contributed by atoms with Crippen molar-refractivity contribution >= 4 is 17.3 Å². The number of nitrogens with zero attached hydrogens (tertiary/aromatic N) is 5. The van der Waals surface area contributed by atoms with Gasteiger partial charge in [-0.2, -0.15) is 10.2 Å². The van der Waals surface area contributed by atoms with Gasteiger partial charge in [-0.3, -0.25) is 14.2 Å². The molecule has 4 heterocycles. The monoisotopic (exact) mass is 490 g/mol. The van der Waals surface area contributed by atoms with Crippen molar-refractivity contribution in [2.45, 2.75) is 57.4 Å². The Labute approximate surface area is 201 Å². The first-order chi connectivity index (χ1) is 16.8. The number of rotatable bonds is 5. The summed E-state index contributed by atoms with van der Waals surface area (Å²) in [6, 6.07) is -0.523. The van der Waals surface area contributed by atoms with E-state index >= 15 is 4.39 Å². The van der Waals surface area contributed by atoms with E-state index in [1.54, 1.807) is 31.0 Å². The molecule has 0 bridgehead atoms. The summed E-state index contributed by atoms with van der Waals surface area (Å²) in [6.45, 7) is 3.92. The molecule has 1 amide bonds. The average molecular weight is 491 g/mol. The number of fused-ring (bicyclic) bond motifs is 1. The van der Waals surface area contributed by atoms with Gasteiger partial charge in [0, 0.05) is 63.2 Å². The number of ether oxygens (including phenoxy) is 1. The van der Waals surface area contributed by atoms with Crippen molar-refractivity contribution in [3.63, 3.8) is 0 Å². The van der Waals surface area contributed by atoms with Gasteiger partial charge in [-0.1, -0.05) is 12.2 Å². The number of hydrogen-bond acceptors (Lipinski definition) is 5. The van der Waals surface area contributed by atoms with Crippen LogP contribution in [0.15, 0.2) is 24.4 Å². The fourth-order valence-electron chi connectivity index (χ4n) is 5.06. The van der Waals surface area contributed by atoms with Gasteiger partial charge in [0.2, 0.25) is 5.91 Å². The third-order valence-electron chi connectivity index (χ3n) is 6.91. The van der Waals surface area contributed by atoms with E-state index in [0.717, 1.165) is 24.1 Å². The first-order valence-corrected chi connectivity index (χ1v) is 11.9. The Morgan fingerprint density at radius 1 is 1.26 bits per heavy atom. The molecule has 2 aromatic heterocycles. The lowest BCUT2D eigenvalue weighted by atomic mass is 9.96. The average Bonchev–Trinajstić information content (AvgIpc) is 3.41. The second kappa shape index (κ2) is 9.52. The van der Waals surface area contributed by atoms with Crippen LogP contribution in [-0.4, -0.2) is 62.3 Å². The standard InChI is InChI=1S/C24H29F3N6O2/c1-14(34)32-8-5-21-18(13-32)24(30-33(21)16-6-9-35-10-7-16)28-20-4-3-15(11-19(20)25)17-12-31(2)29-22(17)23(26)27/h3-4,11-12,16,19-20,23H,5-10,13H2,1-2H3,(H,28,30). The Balaban J connectivity index is 1.41. The lowest BCUT2D eigenvalue weighted by molar-refractivity contribution is -0.129. The van der Waals surface area contributed by atoms with Gasteiger partial charge in [0.05, 0.1) is 18.6 Å². The third kappa shape index (κ3) is 4.61. The molecule has 0 radical (unpaired) electrons. The predicted molar refractivity (Wildman–Crippen MR) is 124 cm³/mol. The molecule has 1 N–H and O–H groups in total. The molecule has 1 saturated heterocycles. The maximum atomic E-state index is 15.3. The molecule has 0 aromatic carbocycles. The highest BCUT2D eigenvalue weighted by molar-refractivity contribution is 5.77. The summed E-state index contributed by atoms with van der Waals surface area (Å²) in [4.78, 5) is 13.8. The number of nitrogens with one attached hydrogen (secondary N) is 1.